The summed E-state index contributed by atoms with van der Waals surface area (Å²) in [6, 6.07) is -0.0772. The number of alkyl halides is 9. The lowest BCUT2D eigenvalue weighted by Crippen LogP contribution is -2.61. The van der Waals surface area contributed by atoms with Gasteiger partial charge in [0.2, 0.25) is 0 Å². The molecule has 0 saturated carbocycles. The molecule has 0 aromatic heterocycles. The molecule has 0 radical (unpaired) electrons. The fourth-order valence-corrected chi connectivity index (χ4v) is 6.94. The summed E-state index contributed by atoms with van der Waals surface area (Å²) >= 11 is 6.15. The molecule has 0 aromatic rings. The van der Waals surface area contributed by atoms with Gasteiger partial charge in [0.25, 0.3) is 0 Å². The molecule has 0 bridgehead atoms. The molecule has 0 aliphatic carbocycles. The molecule has 0 amide bonds. The van der Waals surface area contributed by atoms with Crippen molar-refractivity contribution in [1.82, 2.24) is 0 Å². The van der Waals surface area contributed by atoms with Crippen LogP contribution in [0, 0.1) is 0 Å². The monoisotopic (exact) mass is 396 g/mol. The molecule has 140 valence electrons. The van der Waals surface area contributed by atoms with Crippen LogP contribution in [0.15, 0.2) is 0 Å². The lowest BCUT2D eigenvalue weighted by Gasteiger charge is -2.35. The van der Waals surface area contributed by atoms with E-state index in [-0.39, 0.29) is 0 Å². The molecule has 23 heavy (non-hydrogen) atoms. The summed E-state index contributed by atoms with van der Waals surface area (Å²) in [7, 11) is -2.91. The lowest BCUT2D eigenvalue weighted by atomic mass is 10.0. The maximum atomic E-state index is 13.5. The van der Waals surface area contributed by atoms with Gasteiger partial charge in [-0.3, -0.25) is 0 Å². The largest absolute Gasteiger partial charge is 0.460 e. The summed E-state index contributed by atoms with van der Waals surface area (Å²) in [4.78, 5) is 0. The van der Waals surface area contributed by atoms with Crippen LogP contribution < -0.4 is 0 Å². The topological polar surface area (TPSA) is 0 Å². The van der Waals surface area contributed by atoms with E-state index >= 15 is 0 Å². The summed E-state index contributed by atoms with van der Waals surface area (Å²) < 4.78 is 115. The van der Waals surface area contributed by atoms with E-state index < -0.39 is 43.8 Å². The van der Waals surface area contributed by atoms with Gasteiger partial charge in [-0.2, -0.15) is 50.6 Å². The minimum Gasteiger partial charge on any atom is -0.200 e. The van der Waals surface area contributed by atoms with Crippen LogP contribution in [0.3, 0.4) is 0 Å². The van der Waals surface area contributed by atoms with E-state index in [1.165, 1.54) is 0 Å². The van der Waals surface area contributed by atoms with E-state index in [1.807, 2.05) is 0 Å². The zero-order valence-corrected chi connectivity index (χ0v) is 14.3. The normalized spacial score (nSPS) is 15.1. The van der Waals surface area contributed by atoms with Crippen molar-refractivity contribution >= 4 is 18.5 Å². The van der Waals surface area contributed by atoms with Gasteiger partial charge >= 0.3 is 23.9 Å². The highest BCUT2D eigenvalue weighted by atomic mass is 35.6. The molecule has 0 aliphatic heterocycles. The SMILES string of the molecule is CCC[Si](Cl)(CCC)CCC(F)(F)C(F)(F)C(F)(F)C(F)(F)F. The smallest absolute Gasteiger partial charge is 0.200 e. The van der Waals surface area contributed by atoms with Gasteiger partial charge in [-0.25, -0.2) is 0 Å². The summed E-state index contributed by atoms with van der Waals surface area (Å²) in [6.07, 6.45) is -7.61. The Balaban J connectivity index is 5.32. The van der Waals surface area contributed by atoms with E-state index in [9.17, 15) is 39.5 Å². The molecule has 0 aliphatic rings. The predicted molar refractivity (Wildman–Crippen MR) is 72.1 cm³/mol. The van der Waals surface area contributed by atoms with Crippen molar-refractivity contribution in [3.05, 3.63) is 0 Å². The fraction of sp³-hybridized carbons (Fsp3) is 1.00. The Morgan fingerprint density at radius 2 is 1.09 bits per heavy atom. The molecule has 0 aromatic carbocycles. The molecular weight excluding hydrogens is 379 g/mol. The minimum atomic E-state index is -6.82. The average Bonchev–Trinajstić information content (AvgIpc) is 2.35. The predicted octanol–water partition coefficient (Wildman–Crippen LogP) is 6.85. The van der Waals surface area contributed by atoms with Crippen molar-refractivity contribution in [2.24, 2.45) is 0 Å². The maximum absolute atomic E-state index is 13.5. The van der Waals surface area contributed by atoms with Gasteiger partial charge < -0.3 is 0 Å². The second-order valence-electron chi connectivity index (χ2n) is 5.50. The number of hydrogen-bond acceptors (Lipinski definition) is 0. The molecule has 0 heterocycles. The highest BCUT2D eigenvalue weighted by molar-refractivity contribution is 7.20. The Bertz CT molecular complexity index is 375. The summed E-state index contributed by atoms with van der Waals surface area (Å²) in [5.74, 6) is -18.9. The van der Waals surface area contributed by atoms with Gasteiger partial charge in [-0.1, -0.05) is 26.7 Å². The first kappa shape index (κ1) is 22.9. The molecular formula is C12H18ClF9Si. The fourth-order valence-electron chi connectivity index (χ4n) is 2.22. The molecule has 0 rings (SSSR count). The van der Waals surface area contributed by atoms with Crippen molar-refractivity contribution in [1.29, 1.82) is 0 Å². The number of rotatable bonds is 9. The summed E-state index contributed by atoms with van der Waals surface area (Å²) in [5, 5.41) is 0. The molecule has 11 heteroatoms. The Morgan fingerprint density at radius 3 is 1.39 bits per heavy atom. The molecule has 0 N–H and O–H groups in total. The quantitative estimate of drug-likeness (QED) is 0.227. The third-order valence-electron chi connectivity index (χ3n) is 3.49. The van der Waals surface area contributed by atoms with Crippen molar-refractivity contribution < 1.29 is 39.5 Å². The molecule has 0 unspecified atom stereocenters. The Labute approximate surface area is 134 Å². The summed E-state index contributed by atoms with van der Waals surface area (Å²) in [6.45, 7) is 3.37. The molecule has 0 fully saturated rings. The van der Waals surface area contributed by atoms with Crippen LogP contribution in [0.1, 0.15) is 33.1 Å². The van der Waals surface area contributed by atoms with Gasteiger partial charge in [0.05, 0.1) is 0 Å². The van der Waals surface area contributed by atoms with Crippen molar-refractivity contribution in [3.8, 4) is 0 Å². The van der Waals surface area contributed by atoms with Crippen LogP contribution in [0.5, 0.6) is 0 Å². The Kier molecular flexibility index (Phi) is 7.37. The lowest BCUT2D eigenvalue weighted by molar-refractivity contribution is -0.396. The van der Waals surface area contributed by atoms with E-state index in [1.54, 1.807) is 13.8 Å². The van der Waals surface area contributed by atoms with Gasteiger partial charge in [0.1, 0.15) is 0 Å². The zero-order valence-electron chi connectivity index (χ0n) is 12.5. The van der Waals surface area contributed by atoms with Crippen LogP contribution in [-0.4, -0.2) is 31.3 Å². The summed E-state index contributed by atoms with van der Waals surface area (Å²) in [5.41, 5.74) is 0. The third kappa shape index (κ3) is 4.93. The minimum absolute atomic E-state index is 0.291. The standard InChI is InChI=1S/C12H18ClF9Si/c1-3-6-23(13,7-4-2)8-5-9(14,15)10(16,17)11(18,19)12(20,21)22/h3-8H2,1-2H3. The first-order valence-corrected chi connectivity index (χ1v) is 10.6. The van der Waals surface area contributed by atoms with E-state index in [0.717, 1.165) is 0 Å². The number of hydrogen-bond donors (Lipinski definition) is 0. The highest BCUT2D eigenvalue weighted by Crippen LogP contribution is 2.54. The molecule has 0 saturated heterocycles. The molecule has 0 spiro atoms. The van der Waals surface area contributed by atoms with Crippen LogP contribution in [0.25, 0.3) is 0 Å². The van der Waals surface area contributed by atoms with Crippen LogP contribution in [-0.2, 0) is 0 Å². The number of halogens is 10. The Hall–Kier alpha value is -0.123. The van der Waals surface area contributed by atoms with Gasteiger partial charge in [-0.05, 0) is 18.1 Å². The second kappa shape index (κ2) is 7.41. The van der Waals surface area contributed by atoms with Crippen molar-refractivity contribution in [2.45, 2.75) is 75.2 Å². The molecule has 0 nitrogen and oxygen atoms in total. The molecule has 0 atom stereocenters. The van der Waals surface area contributed by atoms with E-state index in [2.05, 4.69) is 0 Å². The van der Waals surface area contributed by atoms with Crippen LogP contribution >= 0.6 is 11.1 Å². The zero-order chi connectivity index (χ0) is 18.7. The van der Waals surface area contributed by atoms with E-state index in [4.69, 9.17) is 11.1 Å². The van der Waals surface area contributed by atoms with Crippen LogP contribution in [0.4, 0.5) is 39.5 Å². The van der Waals surface area contributed by atoms with Gasteiger partial charge in [-0.15, -0.1) is 0 Å². The van der Waals surface area contributed by atoms with Crippen LogP contribution in [0.2, 0.25) is 18.1 Å². The maximum Gasteiger partial charge on any atom is 0.460 e. The van der Waals surface area contributed by atoms with Crippen molar-refractivity contribution in [3.63, 3.8) is 0 Å². The van der Waals surface area contributed by atoms with Gasteiger partial charge in [0.15, 0.2) is 7.38 Å². The van der Waals surface area contributed by atoms with Gasteiger partial charge in [0, 0.05) is 6.42 Å². The Morgan fingerprint density at radius 1 is 0.696 bits per heavy atom. The second-order valence-corrected chi connectivity index (χ2v) is 11.7. The first-order chi connectivity index (χ1) is 10.1. The highest BCUT2D eigenvalue weighted by Gasteiger charge is 2.81. The van der Waals surface area contributed by atoms with E-state index in [0.29, 0.717) is 24.9 Å². The first-order valence-electron chi connectivity index (χ1n) is 6.97. The third-order valence-corrected chi connectivity index (χ3v) is 9.13. The average molecular weight is 397 g/mol. The van der Waals surface area contributed by atoms with Crippen molar-refractivity contribution in [2.75, 3.05) is 0 Å².